The predicted molar refractivity (Wildman–Crippen MR) is 60.4 cm³/mol. The Morgan fingerprint density at radius 1 is 1.59 bits per heavy atom. The fourth-order valence-electron chi connectivity index (χ4n) is 1.69. The summed E-state index contributed by atoms with van der Waals surface area (Å²) in [5.74, 6) is 0.0369. The largest absolute Gasteiger partial charge is 0.364 e. The van der Waals surface area contributed by atoms with Crippen molar-refractivity contribution in [3.05, 3.63) is 22.5 Å². The second-order valence-corrected chi connectivity index (χ2v) is 3.86. The molecule has 2 atom stereocenters. The highest BCUT2D eigenvalue weighted by Crippen LogP contribution is 2.19. The number of anilines is 1. The molecular formula is C10H14N4O3. The van der Waals surface area contributed by atoms with Crippen LogP contribution in [0.3, 0.4) is 0 Å². The Morgan fingerprint density at radius 2 is 2.41 bits per heavy atom. The smallest absolute Gasteiger partial charge is 0.264 e. The SMILES string of the molecule is NCC1CCC(C(=O)Nc2ccc(=O)[nH]n2)O1. The molecular weight excluding hydrogens is 224 g/mol. The minimum absolute atomic E-state index is 0.0470. The van der Waals surface area contributed by atoms with Crippen molar-refractivity contribution in [2.75, 3.05) is 11.9 Å². The predicted octanol–water partition coefficient (Wildman–Crippen LogP) is -0.785. The van der Waals surface area contributed by atoms with E-state index in [0.717, 1.165) is 6.42 Å². The van der Waals surface area contributed by atoms with Gasteiger partial charge in [-0.3, -0.25) is 9.59 Å². The number of rotatable bonds is 3. The van der Waals surface area contributed by atoms with Crippen molar-refractivity contribution < 1.29 is 9.53 Å². The number of nitrogens with one attached hydrogen (secondary N) is 2. The highest BCUT2D eigenvalue weighted by atomic mass is 16.5. The van der Waals surface area contributed by atoms with E-state index in [-0.39, 0.29) is 17.6 Å². The van der Waals surface area contributed by atoms with E-state index in [1.165, 1.54) is 12.1 Å². The molecule has 1 fully saturated rings. The van der Waals surface area contributed by atoms with Crippen molar-refractivity contribution in [3.8, 4) is 0 Å². The lowest BCUT2D eigenvalue weighted by molar-refractivity contribution is -0.126. The number of nitrogens with two attached hydrogens (primary N) is 1. The molecule has 7 heteroatoms. The molecule has 2 heterocycles. The molecule has 7 nitrogen and oxygen atoms in total. The second-order valence-electron chi connectivity index (χ2n) is 3.86. The molecule has 1 amide bonds. The van der Waals surface area contributed by atoms with E-state index < -0.39 is 6.10 Å². The standard InChI is InChI=1S/C10H14N4O3/c11-5-6-1-2-7(17-6)10(16)12-8-3-4-9(15)14-13-8/h3-4,6-7H,1-2,5,11H2,(H,14,15)(H,12,13,16). The average Bonchev–Trinajstić information content (AvgIpc) is 2.81. The first-order valence-corrected chi connectivity index (χ1v) is 5.41. The van der Waals surface area contributed by atoms with Gasteiger partial charge >= 0.3 is 0 Å². The molecule has 2 rings (SSSR count). The Labute approximate surface area is 97.3 Å². The minimum atomic E-state index is -0.489. The third-order valence-corrected chi connectivity index (χ3v) is 2.59. The molecule has 0 saturated carbocycles. The zero-order valence-electron chi connectivity index (χ0n) is 9.18. The average molecular weight is 238 g/mol. The van der Waals surface area contributed by atoms with Gasteiger partial charge in [-0.15, -0.1) is 0 Å². The van der Waals surface area contributed by atoms with Gasteiger partial charge in [0.2, 0.25) is 0 Å². The van der Waals surface area contributed by atoms with Crippen LogP contribution >= 0.6 is 0 Å². The van der Waals surface area contributed by atoms with E-state index >= 15 is 0 Å². The second kappa shape index (κ2) is 5.07. The van der Waals surface area contributed by atoms with Gasteiger partial charge in [-0.25, -0.2) is 5.10 Å². The Hall–Kier alpha value is -1.73. The van der Waals surface area contributed by atoms with Crippen LogP contribution in [-0.2, 0) is 9.53 Å². The zero-order valence-corrected chi connectivity index (χ0v) is 9.18. The van der Waals surface area contributed by atoms with Crippen LogP contribution in [0.25, 0.3) is 0 Å². The maximum atomic E-state index is 11.8. The van der Waals surface area contributed by atoms with Crippen molar-refractivity contribution >= 4 is 11.7 Å². The number of ether oxygens (including phenoxy) is 1. The van der Waals surface area contributed by atoms with Crippen LogP contribution in [0.5, 0.6) is 0 Å². The quantitative estimate of drug-likeness (QED) is 0.639. The van der Waals surface area contributed by atoms with Crippen LogP contribution in [0.4, 0.5) is 5.82 Å². The summed E-state index contributed by atoms with van der Waals surface area (Å²) in [5.41, 5.74) is 5.14. The molecule has 0 radical (unpaired) electrons. The molecule has 4 N–H and O–H groups in total. The zero-order chi connectivity index (χ0) is 12.3. The monoisotopic (exact) mass is 238 g/mol. The van der Waals surface area contributed by atoms with Crippen molar-refractivity contribution in [1.82, 2.24) is 10.2 Å². The minimum Gasteiger partial charge on any atom is -0.364 e. The molecule has 0 spiro atoms. The van der Waals surface area contributed by atoms with E-state index in [2.05, 4.69) is 15.5 Å². The molecule has 0 aromatic carbocycles. The van der Waals surface area contributed by atoms with Crippen molar-refractivity contribution in [2.24, 2.45) is 5.73 Å². The summed E-state index contributed by atoms with van der Waals surface area (Å²) < 4.78 is 5.43. The fourth-order valence-corrected chi connectivity index (χ4v) is 1.69. The summed E-state index contributed by atoms with van der Waals surface area (Å²) in [6.45, 7) is 0.417. The molecule has 1 saturated heterocycles. The number of amides is 1. The Kier molecular flexibility index (Phi) is 3.50. The maximum absolute atomic E-state index is 11.8. The van der Waals surface area contributed by atoms with Gasteiger partial charge in [0.15, 0.2) is 5.82 Å². The van der Waals surface area contributed by atoms with Gasteiger partial charge in [-0.05, 0) is 18.9 Å². The number of aromatic amines is 1. The molecule has 1 aliphatic rings. The van der Waals surface area contributed by atoms with Crippen LogP contribution in [0.2, 0.25) is 0 Å². The number of nitrogens with zero attached hydrogens (tertiary/aromatic N) is 1. The van der Waals surface area contributed by atoms with Gasteiger partial charge in [-0.1, -0.05) is 0 Å². The summed E-state index contributed by atoms with van der Waals surface area (Å²) in [6.07, 6.45) is 0.900. The van der Waals surface area contributed by atoms with E-state index in [4.69, 9.17) is 10.5 Å². The summed E-state index contributed by atoms with van der Waals surface area (Å²) in [7, 11) is 0. The molecule has 17 heavy (non-hydrogen) atoms. The van der Waals surface area contributed by atoms with E-state index in [1.54, 1.807) is 0 Å². The van der Waals surface area contributed by atoms with Crippen LogP contribution in [0.15, 0.2) is 16.9 Å². The maximum Gasteiger partial charge on any atom is 0.264 e. The number of carbonyl (C=O) groups is 1. The van der Waals surface area contributed by atoms with Crippen LogP contribution in [0, 0.1) is 0 Å². The van der Waals surface area contributed by atoms with Gasteiger partial charge < -0.3 is 15.8 Å². The van der Waals surface area contributed by atoms with Gasteiger partial charge in [0.05, 0.1) is 6.10 Å². The lowest BCUT2D eigenvalue weighted by Gasteiger charge is -2.11. The van der Waals surface area contributed by atoms with Gasteiger partial charge in [-0.2, -0.15) is 5.10 Å². The van der Waals surface area contributed by atoms with Gasteiger partial charge in [0, 0.05) is 12.6 Å². The summed E-state index contributed by atoms with van der Waals surface area (Å²) in [4.78, 5) is 22.5. The Morgan fingerprint density at radius 3 is 3.00 bits per heavy atom. The lowest BCUT2D eigenvalue weighted by atomic mass is 10.2. The number of H-pyrrole nitrogens is 1. The Bertz CT molecular complexity index is 439. The highest BCUT2D eigenvalue weighted by Gasteiger charge is 2.29. The van der Waals surface area contributed by atoms with Crippen molar-refractivity contribution in [1.29, 1.82) is 0 Å². The van der Waals surface area contributed by atoms with Crippen molar-refractivity contribution in [2.45, 2.75) is 25.0 Å². The molecule has 0 aliphatic carbocycles. The molecule has 1 aliphatic heterocycles. The van der Waals surface area contributed by atoms with E-state index in [9.17, 15) is 9.59 Å². The number of hydrogen-bond acceptors (Lipinski definition) is 5. The van der Waals surface area contributed by atoms with E-state index in [0.29, 0.717) is 18.8 Å². The number of hydrogen-bond donors (Lipinski definition) is 3. The molecule has 2 unspecified atom stereocenters. The summed E-state index contributed by atoms with van der Waals surface area (Å²) in [5, 5.41) is 8.48. The number of aromatic nitrogens is 2. The third kappa shape index (κ3) is 2.89. The molecule has 1 aromatic heterocycles. The van der Waals surface area contributed by atoms with Gasteiger partial charge in [0.25, 0.3) is 11.5 Å². The number of carbonyl (C=O) groups excluding carboxylic acids is 1. The molecule has 1 aromatic rings. The lowest BCUT2D eigenvalue weighted by Crippen LogP contribution is -2.30. The summed E-state index contributed by atoms with van der Waals surface area (Å²) >= 11 is 0. The topological polar surface area (TPSA) is 110 Å². The summed E-state index contributed by atoms with van der Waals surface area (Å²) in [6, 6.07) is 2.73. The first-order chi connectivity index (χ1) is 8.19. The Balaban J connectivity index is 1.93. The van der Waals surface area contributed by atoms with Crippen molar-refractivity contribution in [3.63, 3.8) is 0 Å². The van der Waals surface area contributed by atoms with Crippen LogP contribution in [-0.4, -0.2) is 34.9 Å². The fraction of sp³-hybridized carbons (Fsp3) is 0.500. The highest BCUT2D eigenvalue weighted by molar-refractivity contribution is 5.93. The van der Waals surface area contributed by atoms with Gasteiger partial charge in [0.1, 0.15) is 6.10 Å². The first-order valence-electron chi connectivity index (χ1n) is 5.41. The van der Waals surface area contributed by atoms with Crippen LogP contribution < -0.4 is 16.6 Å². The first kappa shape index (κ1) is 11.7. The molecule has 92 valence electrons. The van der Waals surface area contributed by atoms with Crippen LogP contribution in [0.1, 0.15) is 12.8 Å². The van der Waals surface area contributed by atoms with E-state index in [1.807, 2.05) is 0 Å². The third-order valence-electron chi connectivity index (χ3n) is 2.59. The molecule has 0 bridgehead atoms. The normalized spacial score (nSPS) is 23.6.